The van der Waals surface area contributed by atoms with Gasteiger partial charge in [0.15, 0.2) is 0 Å². The Morgan fingerprint density at radius 1 is 1.00 bits per heavy atom. The summed E-state index contributed by atoms with van der Waals surface area (Å²) in [6, 6.07) is 0. The fourth-order valence-corrected chi connectivity index (χ4v) is 1.96. The number of carboxylic acid groups (broad SMARTS) is 2. The maximum Gasteiger partial charge on any atom is 0.490 e. The van der Waals surface area contributed by atoms with Crippen LogP contribution < -0.4 is 5.32 Å². The third kappa shape index (κ3) is 8.33. The molecule has 2 saturated heterocycles. The molecule has 0 bridgehead atoms. The Kier molecular flexibility index (Phi) is 8.30. The summed E-state index contributed by atoms with van der Waals surface area (Å²) in [6.45, 7) is 4.79. The first kappa shape index (κ1) is 23.9. The molecule has 0 radical (unpaired) electrons. The van der Waals surface area contributed by atoms with E-state index >= 15 is 0 Å². The van der Waals surface area contributed by atoms with Crippen LogP contribution in [0.5, 0.6) is 0 Å². The topological polar surface area (TPSA) is 116 Å². The summed E-state index contributed by atoms with van der Waals surface area (Å²) in [6.07, 6.45) is -10.2. The van der Waals surface area contributed by atoms with Crippen molar-refractivity contribution in [1.29, 1.82) is 0 Å². The molecule has 0 aliphatic carbocycles. The highest BCUT2D eigenvalue weighted by molar-refractivity contribution is 5.73. The SMILES string of the molecule is COC(=O)CN1CC2(CNC2)C1.O=C(O)C(F)(F)F.O=C(O)C(F)(F)F. The predicted molar refractivity (Wildman–Crippen MR) is 71.1 cm³/mol. The standard InChI is InChI=1S/C8H14N2O2.2C2HF3O2/c1-12-7(11)2-10-5-8(6-10)3-9-4-8;2*3-2(4,5)1(6)7/h9H,2-6H2,1H3;2*(H,6,7). The minimum absolute atomic E-state index is 0.128. The molecule has 2 fully saturated rings. The summed E-state index contributed by atoms with van der Waals surface area (Å²) in [4.78, 5) is 30.8. The number of likely N-dealkylation sites (tertiary alicyclic amines) is 1. The molecule has 2 aliphatic heterocycles. The van der Waals surface area contributed by atoms with Gasteiger partial charge in [0.1, 0.15) is 0 Å². The Morgan fingerprint density at radius 3 is 1.54 bits per heavy atom. The number of aliphatic carboxylic acids is 2. The number of carboxylic acids is 2. The summed E-state index contributed by atoms with van der Waals surface area (Å²) < 4.78 is 68.1. The van der Waals surface area contributed by atoms with Crippen molar-refractivity contribution >= 4 is 17.9 Å². The lowest BCUT2D eigenvalue weighted by Gasteiger charge is -2.55. The molecule has 2 heterocycles. The average Bonchev–Trinajstić information content (AvgIpc) is 2.39. The molecule has 0 aromatic rings. The summed E-state index contributed by atoms with van der Waals surface area (Å²) in [5.41, 5.74) is 0.508. The van der Waals surface area contributed by atoms with Crippen LogP contribution in [0.1, 0.15) is 0 Å². The Labute approximate surface area is 142 Å². The van der Waals surface area contributed by atoms with Gasteiger partial charge in [0, 0.05) is 31.6 Å². The van der Waals surface area contributed by atoms with Crippen LogP contribution in [0.25, 0.3) is 0 Å². The zero-order valence-electron chi connectivity index (χ0n) is 13.3. The first-order chi connectivity index (χ1) is 11.6. The second-order valence-corrected chi connectivity index (χ2v) is 5.43. The minimum Gasteiger partial charge on any atom is -0.475 e. The number of ether oxygens (including phenoxy) is 1. The van der Waals surface area contributed by atoms with Gasteiger partial charge in [-0.15, -0.1) is 0 Å². The maximum absolute atomic E-state index is 10.9. The van der Waals surface area contributed by atoms with E-state index < -0.39 is 24.3 Å². The third-order valence-corrected chi connectivity index (χ3v) is 3.18. The van der Waals surface area contributed by atoms with E-state index in [0.717, 1.165) is 26.2 Å². The van der Waals surface area contributed by atoms with E-state index in [-0.39, 0.29) is 5.97 Å². The molecule has 0 unspecified atom stereocenters. The van der Waals surface area contributed by atoms with Crippen LogP contribution in [0.3, 0.4) is 0 Å². The van der Waals surface area contributed by atoms with Gasteiger partial charge in [-0.05, 0) is 0 Å². The predicted octanol–water partition coefficient (Wildman–Crippen LogP) is 0.331. The van der Waals surface area contributed by atoms with Crippen LogP contribution >= 0.6 is 0 Å². The molecule has 2 rings (SSSR count). The molecule has 0 amide bonds. The average molecular weight is 398 g/mol. The molecule has 0 atom stereocenters. The lowest BCUT2D eigenvalue weighted by molar-refractivity contribution is -0.193. The molecule has 8 nitrogen and oxygen atoms in total. The number of nitrogens with one attached hydrogen (secondary N) is 1. The molecule has 0 saturated carbocycles. The lowest BCUT2D eigenvalue weighted by atomic mass is 9.74. The Morgan fingerprint density at radius 2 is 1.35 bits per heavy atom. The molecule has 2 aliphatic rings. The van der Waals surface area contributed by atoms with Gasteiger partial charge in [-0.2, -0.15) is 26.3 Å². The normalized spacial score (nSPS) is 18.1. The van der Waals surface area contributed by atoms with Crippen LogP contribution in [-0.2, 0) is 19.1 Å². The number of alkyl halides is 6. The van der Waals surface area contributed by atoms with E-state index in [9.17, 15) is 31.1 Å². The maximum atomic E-state index is 10.9. The second kappa shape index (κ2) is 9.02. The highest BCUT2D eigenvalue weighted by atomic mass is 19.4. The van der Waals surface area contributed by atoms with E-state index in [1.54, 1.807) is 0 Å². The van der Waals surface area contributed by atoms with Gasteiger partial charge in [-0.1, -0.05) is 0 Å². The number of carbonyl (C=O) groups excluding carboxylic acids is 1. The van der Waals surface area contributed by atoms with Crippen LogP contribution in [0.15, 0.2) is 0 Å². The van der Waals surface area contributed by atoms with Crippen molar-refractivity contribution in [2.75, 3.05) is 39.8 Å². The molecule has 14 heteroatoms. The quantitative estimate of drug-likeness (QED) is 0.450. The number of carbonyl (C=O) groups is 3. The largest absolute Gasteiger partial charge is 0.490 e. The van der Waals surface area contributed by atoms with E-state index in [0.29, 0.717) is 12.0 Å². The van der Waals surface area contributed by atoms with Gasteiger partial charge in [-0.25, -0.2) is 9.59 Å². The number of nitrogens with zero attached hydrogens (tertiary/aromatic N) is 1. The smallest absolute Gasteiger partial charge is 0.475 e. The zero-order valence-corrected chi connectivity index (χ0v) is 13.3. The number of hydrogen-bond acceptors (Lipinski definition) is 6. The van der Waals surface area contributed by atoms with Gasteiger partial charge >= 0.3 is 30.3 Å². The van der Waals surface area contributed by atoms with Crippen LogP contribution in [0, 0.1) is 5.41 Å². The summed E-state index contributed by atoms with van der Waals surface area (Å²) in [5.74, 6) is -5.64. The van der Waals surface area contributed by atoms with Crippen LogP contribution in [0.2, 0.25) is 0 Å². The van der Waals surface area contributed by atoms with Crippen LogP contribution in [0.4, 0.5) is 26.3 Å². The minimum atomic E-state index is -5.08. The van der Waals surface area contributed by atoms with Crippen molar-refractivity contribution in [3.8, 4) is 0 Å². The van der Waals surface area contributed by atoms with Gasteiger partial charge in [0.05, 0.1) is 13.7 Å². The summed E-state index contributed by atoms with van der Waals surface area (Å²) in [5, 5.41) is 17.5. The van der Waals surface area contributed by atoms with Crippen molar-refractivity contribution < 1.29 is 55.7 Å². The van der Waals surface area contributed by atoms with E-state index in [2.05, 4.69) is 15.0 Å². The van der Waals surface area contributed by atoms with Gasteiger partial charge in [0.25, 0.3) is 0 Å². The fourth-order valence-electron chi connectivity index (χ4n) is 1.96. The Bertz CT molecular complexity index is 485. The molecular weight excluding hydrogens is 382 g/mol. The van der Waals surface area contributed by atoms with E-state index in [1.165, 1.54) is 7.11 Å². The van der Waals surface area contributed by atoms with Gasteiger partial charge in [-0.3, -0.25) is 9.69 Å². The molecule has 1 spiro atoms. The first-order valence-corrected chi connectivity index (χ1v) is 6.73. The molecule has 3 N–H and O–H groups in total. The number of methoxy groups -OCH3 is 1. The molecular formula is C12H16F6N2O6. The number of rotatable bonds is 2. The Balaban J connectivity index is 0.000000390. The lowest BCUT2D eigenvalue weighted by Crippen LogP contribution is -2.71. The number of halogens is 6. The van der Waals surface area contributed by atoms with Gasteiger partial charge in [0.2, 0.25) is 0 Å². The van der Waals surface area contributed by atoms with Crippen molar-refractivity contribution in [2.24, 2.45) is 5.41 Å². The zero-order chi connectivity index (χ0) is 20.8. The fraction of sp³-hybridized carbons (Fsp3) is 0.750. The highest BCUT2D eigenvalue weighted by Crippen LogP contribution is 2.33. The van der Waals surface area contributed by atoms with E-state index in [4.69, 9.17) is 19.8 Å². The Hall–Kier alpha value is -2.09. The second-order valence-electron chi connectivity index (χ2n) is 5.43. The van der Waals surface area contributed by atoms with Crippen molar-refractivity contribution in [3.63, 3.8) is 0 Å². The van der Waals surface area contributed by atoms with Gasteiger partial charge < -0.3 is 20.3 Å². The summed E-state index contributed by atoms with van der Waals surface area (Å²) >= 11 is 0. The van der Waals surface area contributed by atoms with Crippen molar-refractivity contribution in [1.82, 2.24) is 10.2 Å². The van der Waals surface area contributed by atoms with Crippen LogP contribution in [-0.4, -0.2) is 85.2 Å². The number of hydrogen-bond donors (Lipinski definition) is 3. The first-order valence-electron chi connectivity index (χ1n) is 6.73. The molecule has 0 aromatic carbocycles. The van der Waals surface area contributed by atoms with E-state index in [1.807, 2.05) is 0 Å². The highest BCUT2D eigenvalue weighted by Gasteiger charge is 2.47. The number of esters is 1. The molecule has 26 heavy (non-hydrogen) atoms. The summed E-state index contributed by atoms with van der Waals surface area (Å²) in [7, 11) is 1.43. The molecule has 152 valence electrons. The third-order valence-electron chi connectivity index (χ3n) is 3.18. The van der Waals surface area contributed by atoms with Crippen molar-refractivity contribution in [2.45, 2.75) is 12.4 Å². The molecule has 0 aromatic heterocycles. The van der Waals surface area contributed by atoms with Crippen molar-refractivity contribution in [3.05, 3.63) is 0 Å². The monoisotopic (exact) mass is 398 g/mol.